The van der Waals surface area contributed by atoms with Crippen LogP contribution in [0, 0.1) is 17.7 Å². The van der Waals surface area contributed by atoms with Gasteiger partial charge in [0.05, 0.1) is 33.5 Å². The molecule has 0 bridgehead atoms. The van der Waals surface area contributed by atoms with E-state index >= 15 is 0 Å². The Morgan fingerprint density at radius 1 is 1.16 bits per heavy atom. The lowest BCUT2D eigenvalue weighted by Gasteiger charge is -2.25. The highest BCUT2D eigenvalue weighted by Gasteiger charge is 2.52. The molecule has 3 atom stereocenters. The van der Waals surface area contributed by atoms with Crippen molar-refractivity contribution in [1.29, 1.82) is 0 Å². The number of hydrogen-bond acceptors (Lipinski definition) is 4. The van der Waals surface area contributed by atoms with Gasteiger partial charge in [0.15, 0.2) is 9.84 Å². The zero-order valence-corrected chi connectivity index (χ0v) is 19.0. The van der Waals surface area contributed by atoms with Crippen LogP contribution in [0.15, 0.2) is 23.1 Å². The van der Waals surface area contributed by atoms with E-state index in [0.29, 0.717) is 0 Å². The van der Waals surface area contributed by atoms with Gasteiger partial charge in [0, 0.05) is 18.5 Å². The quantitative estimate of drug-likeness (QED) is 0.640. The highest BCUT2D eigenvalue weighted by Crippen LogP contribution is 2.43. The Morgan fingerprint density at radius 2 is 1.81 bits per heavy atom. The standard InChI is InChI=1S/C21H24ClF3N2O4S/c1-20(4-5-20)26-18(28)14-9-13(32(30,31)17-3-2-12(23)8-16(17)22)10-15(14)19(29)27-7-6-21(24,25)11-27/h2-3,8,13-15H,4-7,9-11H2,1H3,(H,26,28). The van der Waals surface area contributed by atoms with Crippen LogP contribution in [0.2, 0.25) is 5.02 Å². The average Bonchev–Trinajstić information content (AvgIpc) is 3.11. The molecule has 6 nitrogen and oxygen atoms in total. The van der Waals surface area contributed by atoms with E-state index in [1.165, 1.54) is 0 Å². The minimum absolute atomic E-state index is 0.140. The molecule has 11 heteroatoms. The van der Waals surface area contributed by atoms with Crippen LogP contribution in [-0.2, 0) is 19.4 Å². The fourth-order valence-electron chi connectivity index (χ4n) is 4.55. The molecule has 2 saturated carbocycles. The molecule has 1 N–H and O–H groups in total. The van der Waals surface area contributed by atoms with Crippen LogP contribution in [0.3, 0.4) is 0 Å². The monoisotopic (exact) mass is 492 g/mol. The van der Waals surface area contributed by atoms with E-state index in [4.69, 9.17) is 11.6 Å². The SMILES string of the molecule is CC1(NC(=O)C2CC(S(=O)(=O)c3ccc(F)cc3Cl)CC2C(=O)N2CCC(F)(F)C2)CC1. The second-order valence-electron chi connectivity index (χ2n) is 9.34. The Hall–Kier alpha value is -1.81. The summed E-state index contributed by atoms with van der Waals surface area (Å²) in [7, 11) is -4.09. The minimum atomic E-state index is -4.09. The van der Waals surface area contributed by atoms with E-state index in [1.807, 2.05) is 6.92 Å². The maximum Gasteiger partial charge on any atom is 0.267 e. The Labute approximate surface area is 189 Å². The Morgan fingerprint density at radius 3 is 2.38 bits per heavy atom. The maximum absolute atomic E-state index is 13.7. The van der Waals surface area contributed by atoms with Gasteiger partial charge in [-0.2, -0.15) is 0 Å². The van der Waals surface area contributed by atoms with Gasteiger partial charge in [-0.05, 0) is 50.8 Å². The number of alkyl halides is 2. The van der Waals surface area contributed by atoms with Crippen molar-refractivity contribution in [2.75, 3.05) is 13.1 Å². The van der Waals surface area contributed by atoms with Crippen LogP contribution >= 0.6 is 11.6 Å². The van der Waals surface area contributed by atoms with Crippen molar-refractivity contribution in [1.82, 2.24) is 10.2 Å². The van der Waals surface area contributed by atoms with Crippen LogP contribution in [0.5, 0.6) is 0 Å². The fraction of sp³-hybridized carbons (Fsp3) is 0.619. The predicted octanol–water partition coefficient (Wildman–Crippen LogP) is 3.18. The smallest absolute Gasteiger partial charge is 0.267 e. The molecule has 2 amide bonds. The van der Waals surface area contributed by atoms with E-state index in [9.17, 15) is 31.2 Å². The summed E-state index contributed by atoms with van der Waals surface area (Å²) in [5, 5.41) is 1.46. The summed E-state index contributed by atoms with van der Waals surface area (Å²) < 4.78 is 67.2. The highest BCUT2D eigenvalue weighted by molar-refractivity contribution is 7.92. The first-order chi connectivity index (χ1) is 14.8. The van der Waals surface area contributed by atoms with Gasteiger partial charge in [-0.25, -0.2) is 21.6 Å². The summed E-state index contributed by atoms with van der Waals surface area (Å²) in [6.45, 7) is 0.968. The molecule has 0 radical (unpaired) electrons. The van der Waals surface area contributed by atoms with Crippen molar-refractivity contribution in [3.63, 3.8) is 0 Å². The van der Waals surface area contributed by atoms with E-state index in [2.05, 4.69) is 5.32 Å². The van der Waals surface area contributed by atoms with E-state index in [1.54, 1.807) is 0 Å². The average molecular weight is 493 g/mol. The maximum atomic E-state index is 13.7. The van der Waals surface area contributed by atoms with Crippen molar-refractivity contribution < 1.29 is 31.2 Å². The summed E-state index contributed by atoms with van der Waals surface area (Å²) in [4.78, 5) is 26.8. The largest absolute Gasteiger partial charge is 0.351 e. The molecule has 3 aliphatic rings. The predicted molar refractivity (Wildman–Crippen MR) is 111 cm³/mol. The first-order valence-electron chi connectivity index (χ1n) is 10.5. The number of carbonyl (C=O) groups is 2. The summed E-state index contributed by atoms with van der Waals surface area (Å²) >= 11 is 5.96. The van der Waals surface area contributed by atoms with Crippen molar-refractivity contribution in [3.05, 3.63) is 29.0 Å². The van der Waals surface area contributed by atoms with Crippen molar-refractivity contribution in [2.45, 2.75) is 60.6 Å². The van der Waals surface area contributed by atoms with Crippen LogP contribution in [0.25, 0.3) is 0 Å². The fourth-order valence-corrected chi connectivity index (χ4v) is 6.91. The molecule has 1 saturated heterocycles. The third-order valence-corrected chi connectivity index (χ3v) is 9.38. The summed E-state index contributed by atoms with van der Waals surface area (Å²) in [6, 6.07) is 2.92. The molecular formula is C21H24ClF3N2O4S. The van der Waals surface area contributed by atoms with Gasteiger partial charge in [0.2, 0.25) is 11.8 Å². The first-order valence-corrected chi connectivity index (χ1v) is 12.4. The zero-order chi connectivity index (χ0) is 23.5. The number of nitrogens with zero attached hydrogens (tertiary/aromatic N) is 1. The second-order valence-corrected chi connectivity index (χ2v) is 11.9. The normalized spacial score (nSPS) is 28.5. The van der Waals surface area contributed by atoms with Crippen LogP contribution in [-0.4, -0.2) is 54.9 Å². The van der Waals surface area contributed by atoms with Gasteiger partial charge >= 0.3 is 0 Å². The molecule has 1 aromatic carbocycles. The van der Waals surface area contributed by atoms with Gasteiger partial charge < -0.3 is 10.2 Å². The van der Waals surface area contributed by atoms with Crippen LogP contribution in [0.4, 0.5) is 13.2 Å². The molecule has 1 aliphatic heterocycles. The molecular weight excluding hydrogens is 469 g/mol. The van der Waals surface area contributed by atoms with Gasteiger partial charge in [0.1, 0.15) is 5.82 Å². The van der Waals surface area contributed by atoms with Crippen molar-refractivity contribution >= 4 is 33.3 Å². The Balaban J connectivity index is 1.61. The highest BCUT2D eigenvalue weighted by atomic mass is 35.5. The second kappa shape index (κ2) is 7.90. The molecule has 176 valence electrons. The number of rotatable bonds is 5. The zero-order valence-electron chi connectivity index (χ0n) is 17.4. The number of likely N-dealkylation sites (tertiary alicyclic amines) is 1. The molecule has 32 heavy (non-hydrogen) atoms. The summed E-state index contributed by atoms with van der Waals surface area (Å²) in [5.41, 5.74) is -0.386. The van der Waals surface area contributed by atoms with Gasteiger partial charge in [-0.1, -0.05) is 11.6 Å². The summed E-state index contributed by atoms with van der Waals surface area (Å²) in [5.74, 6) is -6.78. The summed E-state index contributed by atoms with van der Waals surface area (Å²) in [6.07, 6.45) is 0.752. The van der Waals surface area contributed by atoms with Gasteiger partial charge in [-0.15, -0.1) is 0 Å². The Kier molecular flexibility index (Phi) is 5.76. The lowest BCUT2D eigenvalue weighted by Crippen LogP contribution is -2.44. The number of hydrogen-bond donors (Lipinski definition) is 1. The number of sulfone groups is 1. The molecule has 1 aromatic rings. The molecule has 0 spiro atoms. The topological polar surface area (TPSA) is 83.5 Å². The molecule has 1 heterocycles. The molecule has 4 rings (SSSR count). The van der Waals surface area contributed by atoms with E-state index in [0.717, 1.165) is 35.9 Å². The van der Waals surface area contributed by atoms with E-state index < -0.39 is 63.4 Å². The number of amides is 2. The van der Waals surface area contributed by atoms with Crippen molar-refractivity contribution in [2.24, 2.45) is 11.8 Å². The number of benzene rings is 1. The molecule has 3 fully saturated rings. The number of halogens is 4. The third kappa shape index (κ3) is 4.48. The van der Waals surface area contributed by atoms with Gasteiger partial charge in [0.25, 0.3) is 5.92 Å². The molecule has 0 aromatic heterocycles. The van der Waals surface area contributed by atoms with Crippen LogP contribution in [0.1, 0.15) is 39.0 Å². The lowest BCUT2D eigenvalue weighted by atomic mass is 9.93. The third-order valence-electron chi connectivity index (χ3n) is 6.72. The Bertz CT molecular complexity index is 1060. The van der Waals surface area contributed by atoms with Crippen LogP contribution < -0.4 is 5.32 Å². The number of nitrogens with one attached hydrogen (secondary N) is 1. The molecule has 2 aliphatic carbocycles. The molecule has 3 unspecified atom stereocenters. The minimum Gasteiger partial charge on any atom is -0.351 e. The lowest BCUT2D eigenvalue weighted by molar-refractivity contribution is -0.141. The van der Waals surface area contributed by atoms with Crippen molar-refractivity contribution in [3.8, 4) is 0 Å². The van der Waals surface area contributed by atoms with Gasteiger partial charge in [-0.3, -0.25) is 9.59 Å². The number of carbonyl (C=O) groups excluding carboxylic acids is 2. The first kappa shape index (κ1) is 23.4. The van der Waals surface area contributed by atoms with E-state index in [-0.39, 0.29) is 34.8 Å².